The smallest absolute Gasteiger partial charge is 0.288 e. The van der Waals surface area contributed by atoms with E-state index in [9.17, 15) is 5.11 Å². The molecule has 1 aliphatic rings. The van der Waals surface area contributed by atoms with E-state index in [0.29, 0.717) is 29.0 Å². The van der Waals surface area contributed by atoms with Gasteiger partial charge in [-0.25, -0.2) is 4.68 Å². The normalized spacial score (nSPS) is 19.2. The minimum absolute atomic E-state index is 0.281. The lowest BCUT2D eigenvalue weighted by atomic mass is 10.1. The zero-order valence-corrected chi connectivity index (χ0v) is 15.2. The van der Waals surface area contributed by atoms with Crippen molar-refractivity contribution in [1.29, 1.82) is 0 Å². The van der Waals surface area contributed by atoms with Crippen molar-refractivity contribution in [3.8, 4) is 10.8 Å². The highest BCUT2D eigenvalue weighted by Crippen LogP contribution is 2.41. The molecule has 24 heavy (non-hydrogen) atoms. The summed E-state index contributed by atoms with van der Waals surface area (Å²) in [5.74, 6) is 0.448. The topological polar surface area (TPSA) is 54.4 Å². The summed E-state index contributed by atoms with van der Waals surface area (Å²) in [5, 5.41) is 15.9. The van der Waals surface area contributed by atoms with E-state index in [1.54, 1.807) is 16.0 Å². The summed E-state index contributed by atoms with van der Waals surface area (Å²) in [4.78, 5) is 3.24. The van der Waals surface area contributed by atoms with Crippen LogP contribution in [0.4, 0.5) is 0 Å². The Balaban J connectivity index is 1.65. The van der Waals surface area contributed by atoms with Crippen molar-refractivity contribution >= 4 is 45.2 Å². The number of aliphatic hydroxyl groups excluding tert-OH is 1. The number of piperidine rings is 1. The van der Waals surface area contributed by atoms with Crippen LogP contribution in [0.5, 0.6) is 0 Å². The maximum atomic E-state index is 9.79. The van der Waals surface area contributed by atoms with Crippen molar-refractivity contribution in [2.24, 2.45) is 0 Å². The van der Waals surface area contributed by atoms with Crippen molar-refractivity contribution in [3.05, 3.63) is 34.1 Å². The van der Waals surface area contributed by atoms with Gasteiger partial charge in [0.2, 0.25) is 0 Å². The zero-order chi connectivity index (χ0) is 16.7. The molecule has 8 heteroatoms. The molecule has 0 bridgehead atoms. The molecule has 1 aromatic carbocycles. The van der Waals surface area contributed by atoms with Crippen LogP contribution in [-0.2, 0) is 6.67 Å². The second-order valence-electron chi connectivity index (χ2n) is 5.93. The Hall–Kier alpha value is -1.25. The minimum atomic E-state index is -0.281. The number of rotatable bonds is 3. The van der Waals surface area contributed by atoms with Gasteiger partial charge in [-0.15, -0.1) is 16.4 Å². The number of aliphatic hydroxyl groups is 1. The summed E-state index contributed by atoms with van der Waals surface area (Å²) < 4.78 is 8.43. The highest BCUT2D eigenvalue weighted by Gasteiger charge is 2.21. The molecule has 1 N–H and O–H groups in total. The van der Waals surface area contributed by atoms with Gasteiger partial charge in [-0.05, 0) is 31.1 Å². The first kappa shape index (κ1) is 16.2. The second kappa shape index (κ2) is 6.57. The van der Waals surface area contributed by atoms with Gasteiger partial charge in [0.25, 0.3) is 10.7 Å². The molecule has 1 fully saturated rings. The van der Waals surface area contributed by atoms with Crippen LogP contribution in [-0.4, -0.2) is 39.0 Å². The van der Waals surface area contributed by atoms with Crippen LogP contribution in [0.1, 0.15) is 12.8 Å². The fourth-order valence-corrected chi connectivity index (χ4v) is 4.60. The Labute approximate surface area is 153 Å². The molecular formula is C16H16ClN3O2S2. The molecule has 1 saturated heterocycles. The highest BCUT2D eigenvalue weighted by atomic mass is 35.5. The lowest BCUT2D eigenvalue weighted by Crippen LogP contribution is -2.39. The van der Waals surface area contributed by atoms with Gasteiger partial charge in [-0.3, -0.25) is 4.90 Å². The van der Waals surface area contributed by atoms with Crippen LogP contribution >= 0.6 is 35.2 Å². The molecule has 0 spiro atoms. The number of aromatic nitrogens is 2. The average Bonchev–Trinajstić information content (AvgIpc) is 3.09. The summed E-state index contributed by atoms with van der Waals surface area (Å²) in [6.45, 7) is 2.07. The number of hydrogen-bond acceptors (Lipinski definition) is 6. The Morgan fingerprint density at radius 2 is 2.25 bits per heavy atom. The van der Waals surface area contributed by atoms with Gasteiger partial charge in [0.05, 0.1) is 17.8 Å². The minimum Gasteiger partial charge on any atom is -0.408 e. The monoisotopic (exact) mass is 381 g/mol. The van der Waals surface area contributed by atoms with Gasteiger partial charge >= 0.3 is 0 Å². The van der Waals surface area contributed by atoms with E-state index in [2.05, 4.69) is 10.00 Å². The largest absolute Gasteiger partial charge is 0.408 e. The summed E-state index contributed by atoms with van der Waals surface area (Å²) in [7, 11) is 0. The number of fused-ring (bicyclic) bond motifs is 1. The van der Waals surface area contributed by atoms with Crippen molar-refractivity contribution in [3.63, 3.8) is 0 Å². The molecular weight excluding hydrogens is 366 g/mol. The van der Waals surface area contributed by atoms with Gasteiger partial charge in [0.15, 0.2) is 0 Å². The third kappa shape index (κ3) is 3.02. The number of benzene rings is 1. The second-order valence-corrected chi connectivity index (χ2v) is 7.71. The van der Waals surface area contributed by atoms with Crippen LogP contribution in [0.3, 0.4) is 0 Å². The van der Waals surface area contributed by atoms with Gasteiger partial charge in [-0.2, -0.15) is 0 Å². The van der Waals surface area contributed by atoms with Crippen LogP contribution in [0.2, 0.25) is 5.02 Å². The number of halogens is 1. The van der Waals surface area contributed by atoms with E-state index in [1.165, 1.54) is 0 Å². The molecule has 4 rings (SSSR count). The number of thiophene rings is 1. The molecule has 0 amide bonds. The molecule has 126 valence electrons. The van der Waals surface area contributed by atoms with Gasteiger partial charge in [0.1, 0.15) is 4.88 Å². The quantitative estimate of drug-likeness (QED) is 0.690. The SMILES string of the molecule is O[C@@H]1CCCN(Cn2nc(-c3sc4ccccc4c3Cl)oc2=S)C1. The van der Waals surface area contributed by atoms with Gasteiger partial charge in [-0.1, -0.05) is 29.8 Å². The zero-order valence-electron chi connectivity index (χ0n) is 12.8. The molecule has 2 aromatic heterocycles. The Bertz CT molecular complexity index is 933. The summed E-state index contributed by atoms with van der Waals surface area (Å²) in [6, 6.07) is 7.95. The summed E-state index contributed by atoms with van der Waals surface area (Å²) in [6.07, 6.45) is 1.54. The predicted molar refractivity (Wildman–Crippen MR) is 98.0 cm³/mol. The number of nitrogens with zero attached hydrogens (tertiary/aromatic N) is 3. The molecule has 0 unspecified atom stereocenters. The van der Waals surface area contributed by atoms with Gasteiger partial charge in [0, 0.05) is 23.2 Å². The summed E-state index contributed by atoms with van der Waals surface area (Å²) >= 11 is 13.3. The predicted octanol–water partition coefficient (Wildman–Crippen LogP) is 4.15. The number of hydrogen-bond donors (Lipinski definition) is 1. The van der Waals surface area contributed by atoms with Crippen LogP contribution in [0.15, 0.2) is 28.7 Å². The lowest BCUT2D eigenvalue weighted by molar-refractivity contribution is 0.0509. The molecule has 5 nitrogen and oxygen atoms in total. The van der Waals surface area contributed by atoms with Crippen LogP contribution in [0, 0.1) is 4.84 Å². The standard InChI is InChI=1S/C16H16ClN3O2S2/c17-13-11-5-1-2-6-12(11)24-14(13)15-18-20(16(23)22-15)9-19-7-3-4-10(21)8-19/h1-2,5-6,10,21H,3-4,7-9H2/t10-/m1/s1. The molecule has 1 aliphatic heterocycles. The van der Waals surface area contributed by atoms with Crippen molar-refractivity contribution in [1.82, 2.24) is 14.7 Å². The van der Waals surface area contributed by atoms with Crippen molar-refractivity contribution < 1.29 is 9.52 Å². The number of β-amino-alcohol motifs (C(OH)–C–C–N with tert-alkyl or cyclic N) is 1. The van der Waals surface area contributed by atoms with Crippen LogP contribution in [0.25, 0.3) is 20.9 Å². The first-order valence-electron chi connectivity index (χ1n) is 7.77. The summed E-state index contributed by atoms with van der Waals surface area (Å²) in [5.41, 5.74) is 0. The maximum Gasteiger partial charge on any atom is 0.288 e. The third-order valence-electron chi connectivity index (χ3n) is 4.15. The Morgan fingerprint density at radius 3 is 3.04 bits per heavy atom. The molecule has 1 atom stereocenters. The molecule has 3 aromatic rings. The van der Waals surface area contributed by atoms with E-state index < -0.39 is 0 Å². The lowest BCUT2D eigenvalue weighted by Gasteiger charge is -2.29. The van der Waals surface area contributed by atoms with E-state index >= 15 is 0 Å². The van der Waals surface area contributed by atoms with Crippen molar-refractivity contribution in [2.75, 3.05) is 13.1 Å². The molecule has 0 saturated carbocycles. The van der Waals surface area contributed by atoms with E-state index in [1.807, 2.05) is 24.3 Å². The van der Waals surface area contributed by atoms with Crippen LogP contribution < -0.4 is 0 Å². The Morgan fingerprint density at radius 1 is 1.42 bits per heavy atom. The van der Waals surface area contributed by atoms with Crippen molar-refractivity contribution in [2.45, 2.75) is 25.6 Å². The highest BCUT2D eigenvalue weighted by molar-refractivity contribution is 7.71. The van der Waals surface area contributed by atoms with E-state index in [4.69, 9.17) is 28.2 Å². The molecule has 0 radical (unpaired) electrons. The Kier molecular flexibility index (Phi) is 4.44. The first-order chi connectivity index (χ1) is 11.6. The molecule has 0 aliphatic carbocycles. The fraction of sp³-hybridized carbons (Fsp3) is 0.375. The third-order valence-corrected chi connectivity index (χ3v) is 6.11. The average molecular weight is 382 g/mol. The maximum absolute atomic E-state index is 9.79. The number of likely N-dealkylation sites (tertiary alicyclic amines) is 1. The first-order valence-corrected chi connectivity index (χ1v) is 9.38. The van der Waals surface area contributed by atoms with Gasteiger partial charge < -0.3 is 9.52 Å². The van der Waals surface area contributed by atoms with E-state index in [-0.39, 0.29) is 6.10 Å². The molecule has 3 heterocycles. The van der Waals surface area contributed by atoms with E-state index in [0.717, 1.165) is 34.3 Å². The fourth-order valence-electron chi connectivity index (χ4n) is 2.99.